The van der Waals surface area contributed by atoms with Gasteiger partial charge in [-0.15, -0.1) is 0 Å². The van der Waals surface area contributed by atoms with Crippen LogP contribution in [-0.2, 0) is 11.3 Å². The number of rotatable bonds is 4. The van der Waals surface area contributed by atoms with Crippen molar-refractivity contribution in [2.24, 2.45) is 11.1 Å². The summed E-state index contributed by atoms with van der Waals surface area (Å²) in [4.78, 5) is 27.0. The minimum atomic E-state index is -0.776. The van der Waals surface area contributed by atoms with Gasteiger partial charge in [0.1, 0.15) is 0 Å². The largest absolute Gasteiger partial charge is 0.353 e. The van der Waals surface area contributed by atoms with Gasteiger partial charge in [0.25, 0.3) is 0 Å². The van der Waals surface area contributed by atoms with Crippen LogP contribution in [0.3, 0.4) is 0 Å². The van der Waals surface area contributed by atoms with Gasteiger partial charge in [-0.25, -0.2) is 4.79 Å². The van der Waals surface area contributed by atoms with E-state index in [0.29, 0.717) is 36.5 Å². The van der Waals surface area contributed by atoms with Gasteiger partial charge in [0.2, 0.25) is 5.91 Å². The second-order valence-electron chi connectivity index (χ2n) is 7.17. The molecular weight excluding hydrogens is 316 g/mol. The first kappa shape index (κ1) is 16.1. The highest BCUT2D eigenvalue weighted by atomic mass is 35.5. The van der Waals surface area contributed by atoms with Crippen molar-refractivity contribution in [3.8, 4) is 0 Å². The molecule has 7 heteroatoms. The molecule has 23 heavy (non-hydrogen) atoms. The lowest BCUT2D eigenvalue weighted by molar-refractivity contribution is -0.134. The Bertz CT molecular complexity index is 813. The maximum Gasteiger partial charge on any atom is 0.326 e. The van der Waals surface area contributed by atoms with Crippen LogP contribution >= 0.6 is 11.6 Å². The summed E-state index contributed by atoms with van der Waals surface area (Å²) in [6, 6.07) is 5.23. The third kappa shape index (κ3) is 3.01. The number of imidazole rings is 1. The van der Waals surface area contributed by atoms with Crippen LogP contribution in [0.15, 0.2) is 23.0 Å². The van der Waals surface area contributed by atoms with E-state index in [1.807, 2.05) is 0 Å². The fourth-order valence-electron chi connectivity index (χ4n) is 3.63. The fourth-order valence-corrected chi connectivity index (χ4v) is 3.80. The van der Waals surface area contributed by atoms with Gasteiger partial charge in [-0.2, -0.15) is 0 Å². The first-order valence-electron chi connectivity index (χ1n) is 7.66. The molecule has 1 heterocycles. The molecule has 0 aliphatic heterocycles. The molecule has 0 unspecified atom stereocenters. The van der Waals surface area contributed by atoms with E-state index < -0.39 is 5.54 Å². The van der Waals surface area contributed by atoms with Crippen molar-refractivity contribution in [3.05, 3.63) is 33.7 Å². The normalized spacial score (nSPS) is 18.6. The summed E-state index contributed by atoms with van der Waals surface area (Å²) >= 11 is 5.92. The molecule has 1 saturated carbocycles. The number of nitrogens with zero attached hydrogens (tertiary/aromatic N) is 1. The predicted octanol–water partition coefficient (Wildman–Crippen LogP) is 1.62. The van der Waals surface area contributed by atoms with Gasteiger partial charge in [0, 0.05) is 18.1 Å². The van der Waals surface area contributed by atoms with Crippen LogP contribution in [0.5, 0.6) is 0 Å². The fraction of sp³-hybridized carbons (Fsp3) is 0.500. The summed E-state index contributed by atoms with van der Waals surface area (Å²) in [5.41, 5.74) is 6.70. The molecule has 0 bridgehead atoms. The van der Waals surface area contributed by atoms with Gasteiger partial charge in [-0.1, -0.05) is 25.4 Å². The number of aromatic amines is 1. The van der Waals surface area contributed by atoms with E-state index in [1.165, 1.54) is 0 Å². The first-order valence-corrected chi connectivity index (χ1v) is 8.03. The highest BCUT2D eigenvalue weighted by Crippen LogP contribution is 2.46. The number of aromatic nitrogens is 2. The van der Waals surface area contributed by atoms with Crippen LogP contribution in [0.1, 0.15) is 26.7 Å². The third-order valence-corrected chi connectivity index (χ3v) is 4.63. The lowest BCUT2D eigenvalue weighted by Gasteiger charge is -2.49. The Balaban J connectivity index is 1.65. The van der Waals surface area contributed by atoms with Crippen molar-refractivity contribution in [3.63, 3.8) is 0 Å². The summed E-state index contributed by atoms with van der Waals surface area (Å²) in [5.74, 6) is -0.146. The minimum absolute atomic E-state index is 0.124. The van der Waals surface area contributed by atoms with E-state index in [-0.39, 0.29) is 17.0 Å². The quantitative estimate of drug-likeness (QED) is 0.792. The SMILES string of the molecule is CC1(C)CC(N)(C(=O)NCCn2c(=O)[nH]c3cc(Cl)ccc32)C1. The van der Waals surface area contributed by atoms with E-state index >= 15 is 0 Å². The Morgan fingerprint density at radius 2 is 2.13 bits per heavy atom. The van der Waals surface area contributed by atoms with Gasteiger partial charge >= 0.3 is 5.69 Å². The molecule has 124 valence electrons. The Morgan fingerprint density at radius 3 is 2.78 bits per heavy atom. The molecule has 0 spiro atoms. The van der Waals surface area contributed by atoms with Gasteiger partial charge < -0.3 is 16.0 Å². The van der Waals surface area contributed by atoms with Gasteiger partial charge in [-0.3, -0.25) is 9.36 Å². The second-order valence-corrected chi connectivity index (χ2v) is 7.61. The summed E-state index contributed by atoms with van der Waals surface area (Å²) in [7, 11) is 0. The maximum absolute atomic E-state index is 12.2. The average Bonchev–Trinajstić information content (AvgIpc) is 2.71. The van der Waals surface area contributed by atoms with Crippen LogP contribution < -0.4 is 16.7 Å². The van der Waals surface area contributed by atoms with Crippen LogP contribution in [0.4, 0.5) is 0 Å². The highest BCUT2D eigenvalue weighted by molar-refractivity contribution is 6.31. The highest BCUT2D eigenvalue weighted by Gasteiger charge is 2.51. The zero-order valence-corrected chi connectivity index (χ0v) is 14.0. The Labute approximate surface area is 139 Å². The van der Waals surface area contributed by atoms with Crippen molar-refractivity contribution in [2.75, 3.05) is 6.54 Å². The lowest BCUT2D eigenvalue weighted by Crippen LogP contribution is -2.64. The van der Waals surface area contributed by atoms with Crippen molar-refractivity contribution in [1.82, 2.24) is 14.9 Å². The number of amides is 1. The third-order valence-electron chi connectivity index (χ3n) is 4.40. The number of carbonyl (C=O) groups is 1. The van der Waals surface area contributed by atoms with E-state index in [9.17, 15) is 9.59 Å². The molecule has 1 aliphatic rings. The summed E-state index contributed by atoms with van der Waals surface area (Å²) in [5, 5.41) is 3.41. The second kappa shape index (κ2) is 5.39. The molecule has 4 N–H and O–H groups in total. The molecule has 0 saturated heterocycles. The molecule has 1 amide bonds. The van der Waals surface area contributed by atoms with Crippen LogP contribution in [-0.4, -0.2) is 27.5 Å². The molecule has 0 radical (unpaired) electrons. The van der Waals surface area contributed by atoms with Crippen molar-refractivity contribution in [2.45, 2.75) is 38.8 Å². The number of H-pyrrole nitrogens is 1. The summed E-state index contributed by atoms with van der Waals surface area (Å²) in [6.45, 7) is 4.93. The number of fused-ring (bicyclic) bond motifs is 1. The number of nitrogens with one attached hydrogen (secondary N) is 2. The van der Waals surface area contributed by atoms with Gasteiger partial charge in [-0.05, 0) is 36.5 Å². The molecule has 0 atom stereocenters. The Hall–Kier alpha value is -1.79. The molecule has 1 aromatic heterocycles. The Kier molecular flexibility index (Phi) is 3.77. The molecular formula is C16H21ClN4O2. The van der Waals surface area contributed by atoms with Crippen molar-refractivity contribution >= 4 is 28.5 Å². The number of halogens is 1. The predicted molar refractivity (Wildman–Crippen MR) is 90.5 cm³/mol. The van der Waals surface area contributed by atoms with Gasteiger partial charge in [0.15, 0.2) is 0 Å². The Morgan fingerprint density at radius 1 is 1.43 bits per heavy atom. The van der Waals surface area contributed by atoms with Crippen molar-refractivity contribution in [1.29, 1.82) is 0 Å². The average molecular weight is 337 g/mol. The molecule has 1 aliphatic carbocycles. The molecule has 1 aromatic carbocycles. The summed E-state index contributed by atoms with van der Waals surface area (Å²) in [6.07, 6.45) is 1.36. The number of carbonyl (C=O) groups excluding carboxylic acids is 1. The topological polar surface area (TPSA) is 92.9 Å². The lowest BCUT2D eigenvalue weighted by atomic mass is 9.59. The number of nitrogens with two attached hydrogens (primary N) is 1. The summed E-state index contributed by atoms with van der Waals surface area (Å²) < 4.78 is 1.58. The standard InChI is InChI=1S/C16H21ClN4O2/c1-15(2)8-16(18,9-15)13(22)19-5-6-21-12-4-3-10(17)7-11(12)20-14(21)23/h3-4,7H,5-6,8-9,18H2,1-2H3,(H,19,22)(H,20,23). The molecule has 1 fully saturated rings. The smallest absolute Gasteiger partial charge is 0.326 e. The van der Waals surface area contributed by atoms with E-state index in [1.54, 1.807) is 22.8 Å². The van der Waals surface area contributed by atoms with E-state index in [0.717, 1.165) is 5.52 Å². The number of benzene rings is 1. The zero-order valence-electron chi connectivity index (χ0n) is 13.3. The number of hydrogen-bond acceptors (Lipinski definition) is 3. The minimum Gasteiger partial charge on any atom is -0.353 e. The van der Waals surface area contributed by atoms with E-state index in [4.69, 9.17) is 17.3 Å². The van der Waals surface area contributed by atoms with Crippen LogP contribution in [0.25, 0.3) is 11.0 Å². The molecule has 2 aromatic rings. The van der Waals surface area contributed by atoms with Gasteiger partial charge in [0.05, 0.1) is 16.6 Å². The van der Waals surface area contributed by atoms with E-state index in [2.05, 4.69) is 24.1 Å². The first-order chi connectivity index (χ1) is 10.7. The zero-order chi connectivity index (χ0) is 16.8. The van der Waals surface area contributed by atoms with Crippen molar-refractivity contribution < 1.29 is 4.79 Å². The number of hydrogen-bond donors (Lipinski definition) is 3. The monoisotopic (exact) mass is 336 g/mol. The van der Waals surface area contributed by atoms with Crippen LogP contribution in [0, 0.1) is 5.41 Å². The maximum atomic E-state index is 12.2. The molecule has 3 rings (SSSR count). The van der Waals surface area contributed by atoms with Crippen LogP contribution in [0.2, 0.25) is 5.02 Å². The molecule has 6 nitrogen and oxygen atoms in total.